The van der Waals surface area contributed by atoms with Gasteiger partial charge in [0.2, 0.25) is 5.91 Å². The van der Waals surface area contributed by atoms with Gasteiger partial charge in [-0.2, -0.15) is 0 Å². The van der Waals surface area contributed by atoms with Crippen molar-refractivity contribution in [3.63, 3.8) is 0 Å². The van der Waals surface area contributed by atoms with Gasteiger partial charge in [-0.1, -0.05) is 12.1 Å². The van der Waals surface area contributed by atoms with Gasteiger partial charge in [0, 0.05) is 18.8 Å². The lowest BCUT2D eigenvalue weighted by molar-refractivity contribution is -0.120. The lowest BCUT2D eigenvalue weighted by Gasteiger charge is -2.15. The molecule has 3 N–H and O–H groups in total. The first-order valence-corrected chi connectivity index (χ1v) is 7.17. The molecule has 0 aliphatic carbocycles. The number of hydrogen-bond acceptors (Lipinski definition) is 4. The second-order valence-corrected chi connectivity index (χ2v) is 5.07. The first-order valence-electron chi connectivity index (χ1n) is 7.17. The van der Waals surface area contributed by atoms with E-state index < -0.39 is 0 Å². The first-order chi connectivity index (χ1) is 9.78. The van der Waals surface area contributed by atoms with Crippen molar-refractivity contribution in [2.75, 3.05) is 38.2 Å². The number of rotatable bonds is 7. The fourth-order valence-corrected chi connectivity index (χ4v) is 2.39. The average molecular weight is 277 g/mol. The van der Waals surface area contributed by atoms with Gasteiger partial charge in [0.15, 0.2) is 0 Å². The van der Waals surface area contributed by atoms with E-state index in [1.807, 2.05) is 18.2 Å². The van der Waals surface area contributed by atoms with E-state index >= 15 is 0 Å². The van der Waals surface area contributed by atoms with Crippen LogP contribution in [0.3, 0.4) is 0 Å². The summed E-state index contributed by atoms with van der Waals surface area (Å²) in [6.45, 7) is 4.18. The Morgan fingerprint density at radius 3 is 2.90 bits per heavy atom. The van der Waals surface area contributed by atoms with Crippen LogP contribution in [0, 0.1) is 0 Å². The van der Waals surface area contributed by atoms with Gasteiger partial charge in [0.05, 0.1) is 6.61 Å². The minimum Gasteiger partial charge on any atom is -0.370 e. The summed E-state index contributed by atoms with van der Waals surface area (Å²) in [5.41, 5.74) is 7.36. The van der Waals surface area contributed by atoms with E-state index in [0.717, 1.165) is 12.2 Å². The zero-order valence-corrected chi connectivity index (χ0v) is 11.8. The van der Waals surface area contributed by atoms with Crippen molar-refractivity contribution in [2.24, 2.45) is 5.73 Å². The minimum absolute atomic E-state index is 0.0492. The van der Waals surface area contributed by atoms with Gasteiger partial charge >= 0.3 is 0 Å². The summed E-state index contributed by atoms with van der Waals surface area (Å²) >= 11 is 0. The van der Waals surface area contributed by atoms with Crippen LogP contribution < -0.4 is 11.1 Å². The maximum absolute atomic E-state index is 11.7. The van der Waals surface area contributed by atoms with E-state index in [1.165, 1.54) is 31.5 Å². The van der Waals surface area contributed by atoms with Crippen LogP contribution in [0.5, 0.6) is 0 Å². The number of carbonyl (C=O) groups excluding carboxylic acids is 1. The maximum Gasteiger partial charge on any atom is 0.250 e. The lowest BCUT2D eigenvalue weighted by atomic mass is 10.2. The third kappa shape index (κ3) is 4.92. The largest absolute Gasteiger partial charge is 0.370 e. The molecule has 1 amide bonds. The molecule has 110 valence electrons. The fourth-order valence-electron chi connectivity index (χ4n) is 2.39. The molecule has 0 spiro atoms. The Labute approximate surface area is 120 Å². The van der Waals surface area contributed by atoms with Crippen LogP contribution >= 0.6 is 0 Å². The maximum atomic E-state index is 11.7. The Balaban J connectivity index is 1.83. The van der Waals surface area contributed by atoms with Crippen LogP contribution in [0.1, 0.15) is 18.4 Å². The highest BCUT2D eigenvalue weighted by atomic mass is 16.5. The molecular weight excluding hydrogens is 254 g/mol. The Morgan fingerprint density at radius 2 is 2.15 bits per heavy atom. The number of benzene rings is 1. The molecule has 1 aliphatic heterocycles. The lowest BCUT2D eigenvalue weighted by Crippen LogP contribution is -2.21. The Hall–Kier alpha value is -1.43. The number of anilines is 1. The zero-order chi connectivity index (χ0) is 14.2. The molecule has 2 rings (SSSR count). The molecule has 0 radical (unpaired) electrons. The van der Waals surface area contributed by atoms with Crippen LogP contribution in [0.25, 0.3) is 0 Å². The molecule has 1 heterocycles. The van der Waals surface area contributed by atoms with Gasteiger partial charge in [-0.15, -0.1) is 0 Å². The van der Waals surface area contributed by atoms with Crippen LogP contribution in [0.2, 0.25) is 0 Å². The number of ether oxygens (including phenoxy) is 1. The van der Waals surface area contributed by atoms with Gasteiger partial charge in [0.25, 0.3) is 0 Å². The summed E-state index contributed by atoms with van der Waals surface area (Å²) in [5.74, 6) is -0.142. The molecule has 5 heteroatoms. The number of likely N-dealkylation sites (tertiary alicyclic amines) is 1. The quantitative estimate of drug-likeness (QED) is 0.735. The summed E-state index contributed by atoms with van der Waals surface area (Å²) in [4.78, 5) is 14.1. The van der Waals surface area contributed by atoms with Crippen LogP contribution in [0.4, 0.5) is 5.69 Å². The number of nitrogens with zero attached hydrogens (tertiary/aromatic N) is 1. The van der Waals surface area contributed by atoms with Crippen LogP contribution in [-0.4, -0.2) is 43.7 Å². The van der Waals surface area contributed by atoms with Gasteiger partial charge < -0.3 is 15.8 Å². The molecule has 1 saturated heterocycles. The molecule has 0 saturated carbocycles. The monoisotopic (exact) mass is 277 g/mol. The standard InChI is InChI=1S/C15H23N3O2/c16-6-9-20-12-15(19)17-14-5-3-4-13(10-14)11-18-7-1-2-8-18/h3-5,10H,1-2,6-9,11-12,16H2,(H,17,19). The number of amides is 1. The van der Waals surface area contributed by atoms with Crippen molar-refractivity contribution in [3.8, 4) is 0 Å². The first kappa shape index (κ1) is 15.0. The van der Waals surface area contributed by atoms with Gasteiger partial charge in [-0.3, -0.25) is 9.69 Å². The average Bonchev–Trinajstić information content (AvgIpc) is 2.92. The molecule has 5 nitrogen and oxygen atoms in total. The predicted octanol–water partition coefficient (Wildman–Crippen LogP) is 1.20. The third-order valence-corrected chi connectivity index (χ3v) is 3.31. The third-order valence-electron chi connectivity index (χ3n) is 3.31. The highest BCUT2D eigenvalue weighted by molar-refractivity contribution is 5.91. The number of nitrogens with two attached hydrogens (primary N) is 1. The summed E-state index contributed by atoms with van der Waals surface area (Å²) < 4.78 is 5.11. The number of carbonyl (C=O) groups is 1. The van der Waals surface area contributed by atoms with Gasteiger partial charge in [0.1, 0.15) is 6.61 Å². The van der Waals surface area contributed by atoms with Crippen molar-refractivity contribution in [2.45, 2.75) is 19.4 Å². The van der Waals surface area contributed by atoms with E-state index in [0.29, 0.717) is 13.2 Å². The second kappa shape index (κ2) is 7.99. The molecule has 1 fully saturated rings. The van der Waals surface area contributed by atoms with Crippen LogP contribution in [0.15, 0.2) is 24.3 Å². The highest BCUT2D eigenvalue weighted by Gasteiger charge is 2.12. The Kier molecular flexibility index (Phi) is 5.98. The molecule has 20 heavy (non-hydrogen) atoms. The van der Waals surface area contributed by atoms with Crippen molar-refractivity contribution in [1.82, 2.24) is 4.90 Å². The highest BCUT2D eigenvalue weighted by Crippen LogP contribution is 2.16. The smallest absolute Gasteiger partial charge is 0.250 e. The van der Waals surface area contributed by atoms with E-state index in [4.69, 9.17) is 10.5 Å². The van der Waals surface area contributed by atoms with Gasteiger partial charge in [-0.25, -0.2) is 0 Å². The summed E-state index contributed by atoms with van der Waals surface area (Å²) in [6.07, 6.45) is 2.57. The second-order valence-electron chi connectivity index (χ2n) is 5.07. The molecule has 0 atom stereocenters. The molecule has 1 aromatic carbocycles. The van der Waals surface area contributed by atoms with E-state index in [2.05, 4.69) is 16.3 Å². The molecule has 0 aromatic heterocycles. The van der Waals surface area contributed by atoms with Crippen molar-refractivity contribution in [3.05, 3.63) is 29.8 Å². The molecule has 1 aliphatic rings. The Morgan fingerprint density at radius 1 is 1.35 bits per heavy atom. The van der Waals surface area contributed by atoms with Crippen molar-refractivity contribution < 1.29 is 9.53 Å². The predicted molar refractivity (Wildman–Crippen MR) is 79.5 cm³/mol. The molecule has 1 aromatic rings. The molecule has 0 bridgehead atoms. The number of hydrogen-bond donors (Lipinski definition) is 2. The SMILES string of the molecule is NCCOCC(=O)Nc1cccc(CN2CCCC2)c1. The Bertz CT molecular complexity index is 431. The molecule has 0 unspecified atom stereocenters. The summed E-state index contributed by atoms with van der Waals surface area (Å²) in [7, 11) is 0. The summed E-state index contributed by atoms with van der Waals surface area (Å²) in [6, 6.07) is 7.99. The van der Waals surface area contributed by atoms with Gasteiger partial charge in [-0.05, 0) is 43.6 Å². The minimum atomic E-state index is -0.142. The molecular formula is C15H23N3O2. The van der Waals surface area contributed by atoms with Crippen LogP contribution in [-0.2, 0) is 16.1 Å². The summed E-state index contributed by atoms with van der Waals surface area (Å²) in [5, 5.41) is 2.84. The van der Waals surface area contributed by atoms with Crippen molar-refractivity contribution in [1.29, 1.82) is 0 Å². The zero-order valence-electron chi connectivity index (χ0n) is 11.8. The van der Waals surface area contributed by atoms with Crippen molar-refractivity contribution >= 4 is 11.6 Å². The normalized spacial score (nSPS) is 15.4. The van der Waals surface area contributed by atoms with E-state index in [9.17, 15) is 4.79 Å². The van der Waals surface area contributed by atoms with E-state index in [1.54, 1.807) is 0 Å². The fraction of sp³-hybridized carbons (Fsp3) is 0.533. The van der Waals surface area contributed by atoms with E-state index in [-0.39, 0.29) is 12.5 Å². The number of nitrogens with one attached hydrogen (secondary N) is 1. The topological polar surface area (TPSA) is 67.6 Å².